The molecule has 0 saturated heterocycles. The minimum Gasteiger partial charge on any atom is -0.309 e. The van der Waals surface area contributed by atoms with E-state index in [0.29, 0.717) is 0 Å². The van der Waals surface area contributed by atoms with Gasteiger partial charge in [-0.1, -0.05) is 97.1 Å². The minimum absolute atomic E-state index is 1.18. The van der Waals surface area contributed by atoms with Crippen molar-refractivity contribution in [2.75, 3.05) is 0 Å². The van der Waals surface area contributed by atoms with Gasteiger partial charge >= 0.3 is 0 Å². The van der Waals surface area contributed by atoms with Gasteiger partial charge in [-0.3, -0.25) is 0 Å². The summed E-state index contributed by atoms with van der Waals surface area (Å²) in [4.78, 5) is 0. The molecule has 0 unspecified atom stereocenters. The van der Waals surface area contributed by atoms with E-state index in [1.165, 1.54) is 65.7 Å². The molecule has 0 N–H and O–H groups in total. The summed E-state index contributed by atoms with van der Waals surface area (Å²) in [5.74, 6) is 0. The molecular formula is C33H23N. The Kier molecular flexibility index (Phi) is 4.13. The van der Waals surface area contributed by atoms with Crippen molar-refractivity contribution in [1.82, 2.24) is 4.57 Å². The van der Waals surface area contributed by atoms with Crippen molar-refractivity contribution in [2.45, 2.75) is 6.92 Å². The van der Waals surface area contributed by atoms with Crippen LogP contribution in [-0.4, -0.2) is 4.57 Å². The molecule has 0 aliphatic carbocycles. The lowest BCUT2D eigenvalue weighted by atomic mass is 9.89. The number of para-hydroxylation sites is 2. The van der Waals surface area contributed by atoms with Gasteiger partial charge in [0, 0.05) is 16.5 Å². The summed E-state index contributed by atoms with van der Waals surface area (Å²) in [5.41, 5.74) is 7.54. The summed E-state index contributed by atoms with van der Waals surface area (Å²) in [6, 6.07) is 44.0. The first kappa shape index (κ1) is 19.1. The normalized spacial score (nSPS) is 11.7. The fraction of sp³-hybridized carbons (Fsp3) is 0.0303. The maximum Gasteiger partial charge on any atom is 0.0541 e. The van der Waals surface area contributed by atoms with E-state index in [9.17, 15) is 0 Å². The second kappa shape index (κ2) is 7.33. The van der Waals surface area contributed by atoms with Gasteiger partial charge in [0.2, 0.25) is 0 Å². The molecule has 0 amide bonds. The van der Waals surface area contributed by atoms with Crippen LogP contribution < -0.4 is 0 Å². The third kappa shape index (κ3) is 2.67. The first-order chi connectivity index (χ1) is 16.8. The maximum atomic E-state index is 2.40. The molecule has 6 aromatic carbocycles. The van der Waals surface area contributed by atoms with E-state index in [1.807, 2.05) is 0 Å². The first-order valence-electron chi connectivity index (χ1n) is 11.8. The van der Waals surface area contributed by atoms with E-state index in [4.69, 9.17) is 0 Å². The Labute approximate surface area is 198 Å². The predicted molar refractivity (Wildman–Crippen MR) is 146 cm³/mol. The van der Waals surface area contributed by atoms with Crippen LogP contribution in [0.15, 0.2) is 121 Å². The van der Waals surface area contributed by atoms with E-state index in [2.05, 4.69) is 133 Å². The van der Waals surface area contributed by atoms with Crippen molar-refractivity contribution in [3.63, 3.8) is 0 Å². The second-order valence-corrected chi connectivity index (χ2v) is 9.01. The third-order valence-corrected chi connectivity index (χ3v) is 7.17. The van der Waals surface area contributed by atoms with Crippen molar-refractivity contribution in [1.29, 1.82) is 0 Å². The monoisotopic (exact) mass is 433 g/mol. The van der Waals surface area contributed by atoms with Crippen LogP contribution in [0.4, 0.5) is 0 Å². The molecule has 1 aromatic heterocycles. The molecule has 1 nitrogen and oxygen atoms in total. The van der Waals surface area contributed by atoms with Gasteiger partial charge in [0.15, 0.2) is 0 Å². The Morgan fingerprint density at radius 2 is 0.912 bits per heavy atom. The zero-order valence-electron chi connectivity index (χ0n) is 19.0. The third-order valence-electron chi connectivity index (χ3n) is 7.17. The molecule has 7 rings (SSSR count). The molecule has 0 atom stereocenters. The lowest BCUT2D eigenvalue weighted by Gasteiger charge is -2.16. The summed E-state index contributed by atoms with van der Waals surface area (Å²) < 4.78 is 2.40. The SMILES string of the molecule is Cc1c2ccccc2c(-c2cccc(-n3c4ccccc4c4ccccc43)c2)c2ccccc12. The Hall–Kier alpha value is -4.36. The Balaban J connectivity index is 1.57. The molecular weight excluding hydrogens is 410 g/mol. The number of aromatic nitrogens is 1. The summed E-state index contributed by atoms with van der Waals surface area (Å²) in [6.45, 7) is 2.24. The Morgan fingerprint density at radius 1 is 0.441 bits per heavy atom. The zero-order chi connectivity index (χ0) is 22.6. The predicted octanol–water partition coefficient (Wildman–Crippen LogP) is 9.07. The number of fused-ring (bicyclic) bond motifs is 5. The van der Waals surface area contributed by atoms with Crippen LogP contribution in [0.3, 0.4) is 0 Å². The fourth-order valence-electron chi connectivity index (χ4n) is 5.66. The highest BCUT2D eigenvalue weighted by atomic mass is 15.0. The summed E-state index contributed by atoms with van der Waals surface area (Å²) >= 11 is 0. The first-order valence-corrected chi connectivity index (χ1v) is 11.8. The highest BCUT2D eigenvalue weighted by molar-refractivity contribution is 6.15. The molecule has 0 fully saturated rings. The maximum absolute atomic E-state index is 2.40. The van der Waals surface area contributed by atoms with E-state index in [0.717, 1.165) is 0 Å². The van der Waals surface area contributed by atoms with Crippen molar-refractivity contribution in [3.05, 3.63) is 127 Å². The van der Waals surface area contributed by atoms with Gasteiger partial charge in [-0.2, -0.15) is 0 Å². The van der Waals surface area contributed by atoms with Crippen molar-refractivity contribution < 1.29 is 0 Å². The van der Waals surface area contributed by atoms with Crippen LogP contribution in [0.1, 0.15) is 5.56 Å². The quantitative estimate of drug-likeness (QED) is 0.240. The smallest absolute Gasteiger partial charge is 0.0541 e. The van der Waals surface area contributed by atoms with Crippen LogP contribution >= 0.6 is 0 Å². The van der Waals surface area contributed by atoms with Crippen LogP contribution in [-0.2, 0) is 0 Å². The van der Waals surface area contributed by atoms with Crippen molar-refractivity contribution in [2.24, 2.45) is 0 Å². The highest BCUT2D eigenvalue weighted by Crippen LogP contribution is 2.40. The molecule has 0 radical (unpaired) electrons. The lowest BCUT2D eigenvalue weighted by Crippen LogP contribution is -1.95. The molecule has 160 valence electrons. The summed E-state index contributed by atoms with van der Waals surface area (Å²) in [6.07, 6.45) is 0. The van der Waals surface area contributed by atoms with Crippen LogP contribution in [0.5, 0.6) is 0 Å². The van der Waals surface area contributed by atoms with Crippen molar-refractivity contribution >= 4 is 43.4 Å². The number of rotatable bonds is 2. The van der Waals surface area contributed by atoms with Gasteiger partial charge in [-0.15, -0.1) is 0 Å². The molecule has 1 heteroatoms. The topological polar surface area (TPSA) is 4.93 Å². The number of benzene rings is 6. The van der Waals surface area contributed by atoms with Gasteiger partial charge in [0.1, 0.15) is 0 Å². The van der Waals surface area contributed by atoms with Gasteiger partial charge in [-0.25, -0.2) is 0 Å². The molecule has 0 aliphatic rings. The zero-order valence-corrected chi connectivity index (χ0v) is 19.0. The second-order valence-electron chi connectivity index (χ2n) is 9.01. The molecule has 7 aromatic rings. The largest absolute Gasteiger partial charge is 0.309 e. The molecule has 34 heavy (non-hydrogen) atoms. The van der Waals surface area contributed by atoms with E-state index in [-0.39, 0.29) is 0 Å². The van der Waals surface area contributed by atoms with Crippen LogP contribution in [0.2, 0.25) is 0 Å². The minimum atomic E-state index is 1.18. The molecule has 0 saturated carbocycles. The summed E-state index contributed by atoms with van der Waals surface area (Å²) in [7, 11) is 0. The molecule has 0 aliphatic heterocycles. The van der Waals surface area contributed by atoms with Gasteiger partial charge in [0.05, 0.1) is 11.0 Å². The Morgan fingerprint density at radius 3 is 1.47 bits per heavy atom. The number of nitrogens with zero attached hydrogens (tertiary/aromatic N) is 1. The van der Waals surface area contributed by atoms with Gasteiger partial charge in [-0.05, 0) is 69.4 Å². The van der Waals surface area contributed by atoms with Crippen LogP contribution in [0.25, 0.3) is 60.2 Å². The Bertz CT molecular complexity index is 1760. The van der Waals surface area contributed by atoms with Gasteiger partial charge in [0.25, 0.3) is 0 Å². The number of aryl methyl sites for hydroxylation is 1. The number of hydrogen-bond donors (Lipinski definition) is 0. The highest BCUT2D eigenvalue weighted by Gasteiger charge is 2.15. The fourth-order valence-corrected chi connectivity index (χ4v) is 5.66. The molecule has 0 bridgehead atoms. The summed E-state index contributed by atoms with van der Waals surface area (Å²) in [5, 5.41) is 7.82. The molecule has 1 heterocycles. The van der Waals surface area contributed by atoms with E-state index >= 15 is 0 Å². The number of hydrogen-bond acceptors (Lipinski definition) is 0. The lowest BCUT2D eigenvalue weighted by molar-refractivity contribution is 1.18. The van der Waals surface area contributed by atoms with Crippen LogP contribution in [0, 0.1) is 6.92 Å². The average Bonchev–Trinajstić information content (AvgIpc) is 3.24. The van der Waals surface area contributed by atoms with E-state index in [1.54, 1.807) is 0 Å². The molecule has 0 spiro atoms. The average molecular weight is 434 g/mol. The van der Waals surface area contributed by atoms with Gasteiger partial charge < -0.3 is 4.57 Å². The van der Waals surface area contributed by atoms with Crippen molar-refractivity contribution in [3.8, 4) is 16.8 Å². The standard InChI is InChI=1S/C33H23N/c1-22-25-13-2-4-17-29(25)33(30-18-5-3-14-26(22)30)23-11-10-12-24(21-23)34-31-19-8-6-15-27(31)28-16-7-9-20-32(28)34/h2-21H,1H3. The van der Waals surface area contributed by atoms with E-state index < -0.39 is 0 Å².